The number of rotatable bonds is 5. The predicted molar refractivity (Wildman–Crippen MR) is 130 cm³/mol. The Balaban J connectivity index is 1.77. The molecule has 4 rings (SSSR count). The Hall–Kier alpha value is -3.71. The Labute approximate surface area is 192 Å². The highest BCUT2D eigenvalue weighted by atomic mass is 32.2. The van der Waals surface area contributed by atoms with E-state index in [9.17, 15) is 18.0 Å². The zero-order chi connectivity index (χ0) is 23.8. The van der Waals surface area contributed by atoms with Crippen molar-refractivity contribution in [1.29, 1.82) is 0 Å². The van der Waals surface area contributed by atoms with Gasteiger partial charge in [-0.05, 0) is 58.5 Å². The van der Waals surface area contributed by atoms with Gasteiger partial charge in [-0.1, -0.05) is 62.4 Å². The van der Waals surface area contributed by atoms with Crippen LogP contribution in [0.2, 0.25) is 0 Å². The van der Waals surface area contributed by atoms with Gasteiger partial charge in [-0.3, -0.25) is 9.52 Å². The first-order valence-electron chi connectivity index (χ1n) is 10.4. The first kappa shape index (κ1) is 22.5. The second-order valence-corrected chi connectivity index (χ2v) is 10.3. The first-order valence-corrected chi connectivity index (χ1v) is 11.9. The maximum absolute atomic E-state index is 13.0. The second kappa shape index (κ2) is 8.33. The predicted octanol–water partition coefficient (Wildman–Crippen LogP) is 5.49. The molecule has 33 heavy (non-hydrogen) atoms. The molecule has 2 N–H and O–H groups in total. The van der Waals surface area contributed by atoms with Crippen LogP contribution in [0, 0.1) is 5.41 Å². The van der Waals surface area contributed by atoms with Crippen LogP contribution in [0.5, 0.6) is 0 Å². The number of hydrogen-bond donors (Lipinski definition) is 2. The third-order valence-corrected chi connectivity index (χ3v) is 6.81. The smallest absolute Gasteiger partial charge is 0.335 e. The summed E-state index contributed by atoms with van der Waals surface area (Å²) >= 11 is 0. The lowest BCUT2D eigenvalue weighted by Crippen LogP contribution is -2.24. The van der Waals surface area contributed by atoms with E-state index in [1.54, 1.807) is 6.07 Å². The van der Waals surface area contributed by atoms with Crippen LogP contribution in [0.15, 0.2) is 78.9 Å². The fourth-order valence-corrected chi connectivity index (χ4v) is 5.00. The molecule has 0 aliphatic heterocycles. The number of allylic oxidation sites excluding steroid dienone is 4. The highest BCUT2D eigenvalue weighted by Crippen LogP contribution is 2.41. The number of carboxylic acids is 1. The maximum atomic E-state index is 13.0. The van der Waals surface area contributed by atoms with Gasteiger partial charge in [0.15, 0.2) is 0 Å². The summed E-state index contributed by atoms with van der Waals surface area (Å²) in [4.78, 5) is 23.8. The minimum absolute atomic E-state index is 0.0337. The molecular weight excluding hydrogens is 438 g/mol. The number of benzene rings is 3. The van der Waals surface area contributed by atoms with Crippen LogP contribution in [0.4, 0.5) is 5.69 Å². The SMILES string of the molecule is CC1(C)C=CC=C(c2c(NS(=O)(=O)C(=O)c3ccc(C(=O)O)cc3)ccc3ccccc23)C1. The molecule has 168 valence electrons. The number of hydrogen-bond acceptors (Lipinski definition) is 4. The molecule has 0 saturated carbocycles. The average Bonchev–Trinajstić information content (AvgIpc) is 2.77. The molecule has 0 aromatic heterocycles. The van der Waals surface area contributed by atoms with Gasteiger partial charge in [0.1, 0.15) is 0 Å². The van der Waals surface area contributed by atoms with Crippen molar-refractivity contribution in [3.8, 4) is 0 Å². The Morgan fingerprint density at radius 1 is 0.939 bits per heavy atom. The summed E-state index contributed by atoms with van der Waals surface area (Å²) in [5.74, 6) is -1.16. The van der Waals surface area contributed by atoms with Gasteiger partial charge in [0.25, 0.3) is 5.12 Å². The van der Waals surface area contributed by atoms with E-state index in [2.05, 4.69) is 24.6 Å². The highest BCUT2D eigenvalue weighted by molar-refractivity contribution is 8.07. The van der Waals surface area contributed by atoms with E-state index < -0.39 is 21.1 Å². The van der Waals surface area contributed by atoms with Crippen LogP contribution < -0.4 is 4.72 Å². The van der Waals surface area contributed by atoms with Gasteiger partial charge in [-0.25, -0.2) is 4.79 Å². The summed E-state index contributed by atoms with van der Waals surface area (Å²) in [7, 11) is -4.44. The zero-order valence-corrected chi connectivity index (χ0v) is 19.0. The molecule has 7 heteroatoms. The number of carbonyl (C=O) groups is 2. The Kier molecular flexibility index (Phi) is 5.68. The Morgan fingerprint density at radius 2 is 1.61 bits per heavy atom. The van der Waals surface area contributed by atoms with Crippen LogP contribution in [-0.4, -0.2) is 24.6 Å². The lowest BCUT2D eigenvalue weighted by Gasteiger charge is -2.27. The normalized spacial score (nSPS) is 15.2. The number of carboxylic acid groups (broad SMARTS) is 1. The van der Waals surface area contributed by atoms with E-state index in [4.69, 9.17) is 5.11 Å². The molecule has 1 aliphatic carbocycles. The molecule has 0 saturated heterocycles. The summed E-state index contributed by atoms with van der Waals surface area (Å²) in [6.07, 6.45) is 6.75. The van der Waals surface area contributed by atoms with Crippen molar-refractivity contribution >= 4 is 43.1 Å². The molecule has 0 spiro atoms. The lowest BCUT2D eigenvalue weighted by molar-refractivity contribution is 0.0696. The summed E-state index contributed by atoms with van der Waals surface area (Å²) in [6.45, 7) is 4.21. The molecule has 0 fully saturated rings. The number of carbonyl (C=O) groups excluding carboxylic acids is 1. The van der Waals surface area contributed by atoms with Gasteiger partial charge < -0.3 is 5.11 Å². The molecular formula is C26H23NO5S. The molecule has 1 aliphatic rings. The lowest BCUT2D eigenvalue weighted by atomic mass is 9.79. The van der Waals surface area contributed by atoms with Crippen molar-refractivity contribution in [2.24, 2.45) is 5.41 Å². The zero-order valence-electron chi connectivity index (χ0n) is 18.2. The highest BCUT2D eigenvalue weighted by Gasteiger charge is 2.28. The molecule has 0 heterocycles. The molecule has 0 radical (unpaired) electrons. The van der Waals surface area contributed by atoms with Crippen LogP contribution in [-0.2, 0) is 10.0 Å². The van der Waals surface area contributed by atoms with Gasteiger partial charge >= 0.3 is 16.0 Å². The third-order valence-electron chi connectivity index (χ3n) is 5.60. The van der Waals surface area contributed by atoms with Crippen molar-refractivity contribution in [3.63, 3.8) is 0 Å². The standard InChI is InChI=1S/C26H23NO5S/c1-26(2)15-5-7-20(16-26)23-21-8-4-3-6-17(21)13-14-22(23)27-33(31,32)25(30)19-11-9-18(10-12-19)24(28)29/h3-15,27H,16H2,1-2H3,(H,28,29). The molecule has 3 aromatic rings. The molecule has 0 bridgehead atoms. The summed E-state index contributed by atoms with van der Waals surface area (Å²) in [5, 5.41) is 9.73. The largest absolute Gasteiger partial charge is 0.478 e. The quantitative estimate of drug-likeness (QED) is 0.523. The number of anilines is 1. The Bertz CT molecular complexity index is 1430. The van der Waals surface area contributed by atoms with Crippen LogP contribution in [0.3, 0.4) is 0 Å². The minimum Gasteiger partial charge on any atom is -0.478 e. The van der Waals surface area contributed by atoms with Crippen molar-refractivity contribution in [1.82, 2.24) is 0 Å². The van der Waals surface area contributed by atoms with Gasteiger partial charge in [0.05, 0.1) is 11.3 Å². The fourth-order valence-electron chi connectivity index (χ4n) is 4.00. The van der Waals surface area contributed by atoms with Gasteiger partial charge in [-0.15, -0.1) is 0 Å². The van der Waals surface area contributed by atoms with Crippen LogP contribution >= 0.6 is 0 Å². The summed E-state index contributed by atoms with van der Waals surface area (Å²) in [5.41, 5.74) is 1.78. The molecule has 0 unspecified atom stereocenters. The average molecular weight is 462 g/mol. The van der Waals surface area contributed by atoms with E-state index in [0.717, 1.165) is 21.9 Å². The van der Waals surface area contributed by atoms with Gasteiger partial charge in [0, 0.05) is 11.1 Å². The van der Waals surface area contributed by atoms with E-state index in [1.807, 2.05) is 42.5 Å². The van der Waals surface area contributed by atoms with E-state index >= 15 is 0 Å². The number of sulfonamides is 1. The minimum atomic E-state index is -4.44. The Morgan fingerprint density at radius 3 is 2.27 bits per heavy atom. The summed E-state index contributed by atoms with van der Waals surface area (Å²) in [6, 6.07) is 16.0. The number of aromatic carboxylic acids is 1. The third kappa shape index (κ3) is 4.59. The molecule has 0 atom stereocenters. The van der Waals surface area contributed by atoms with E-state index in [1.165, 1.54) is 24.3 Å². The van der Waals surface area contributed by atoms with E-state index in [-0.39, 0.29) is 16.5 Å². The number of fused-ring (bicyclic) bond motifs is 1. The first-order chi connectivity index (χ1) is 15.6. The fraction of sp³-hybridized carbons (Fsp3) is 0.154. The monoisotopic (exact) mass is 461 g/mol. The molecule has 6 nitrogen and oxygen atoms in total. The van der Waals surface area contributed by atoms with Crippen molar-refractivity contribution in [2.45, 2.75) is 20.3 Å². The van der Waals surface area contributed by atoms with Crippen LogP contribution in [0.1, 0.15) is 46.5 Å². The maximum Gasteiger partial charge on any atom is 0.335 e. The van der Waals surface area contributed by atoms with Crippen molar-refractivity contribution in [3.05, 3.63) is 95.6 Å². The number of nitrogens with one attached hydrogen (secondary N) is 1. The van der Waals surface area contributed by atoms with Gasteiger partial charge in [0.2, 0.25) is 0 Å². The van der Waals surface area contributed by atoms with E-state index in [0.29, 0.717) is 12.1 Å². The molecule has 0 amide bonds. The van der Waals surface area contributed by atoms with Gasteiger partial charge in [-0.2, -0.15) is 8.42 Å². The van der Waals surface area contributed by atoms with Crippen molar-refractivity contribution < 1.29 is 23.1 Å². The van der Waals surface area contributed by atoms with Crippen LogP contribution in [0.25, 0.3) is 16.3 Å². The van der Waals surface area contributed by atoms with Crippen molar-refractivity contribution in [2.75, 3.05) is 4.72 Å². The summed E-state index contributed by atoms with van der Waals surface area (Å²) < 4.78 is 28.5. The second-order valence-electron chi connectivity index (χ2n) is 8.70. The topological polar surface area (TPSA) is 101 Å². The molecule has 3 aromatic carbocycles.